The molecule has 2 aliphatic heterocycles. The van der Waals surface area contributed by atoms with Crippen molar-refractivity contribution in [2.45, 2.75) is 19.4 Å². The van der Waals surface area contributed by atoms with Gasteiger partial charge in [-0.1, -0.05) is 24.3 Å². The SMILES string of the molecule is O=C(c1cncc(N2CC[C@@H](Cc3ccc(CO)cc3)C2)n1)N1CCOCC1. The summed E-state index contributed by atoms with van der Waals surface area (Å²) in [5.41, 5.74) is 2.63. The molecule has 4 rings (SSSR count). The molecule has 1 aromatic carbocycles. The minimum absolute atomic E-state index is 0.0719. The minimum Gasteiger partial charge on any atom is -0.392 e. The van der Waals surface area contributed by atoms with Gasteiger partial charge in [0.15, 0.2) is 0 Å². The van der Waals surface area contributed by atoms with Gasteiger partial charge in [-0.05, 0) is 29.9 Å². The van der Waals surface area contributed by atoms with Crippen LogP contribution in [0, 0.1) is 5.92 Å². The molecule has 2 aromatic rings. The molecule has 0 unspecified atom stereocenters. The highest BCUT2D eigenvalue weighted by Crippen LogP contribution is 2.25. The summed E-state index contributed by atoms with van der Waals surface area (Å²) in [6.07, 6.45) is 5.39. The van der Waals surface area contributed by atoms with Gasteiger partial charge in [-0.25, -0.2) is 4.98 Å². The molecule has 148 valence electrons. The first-order valence-electron chi connectivity index (χ1n) is 9.85. The number of rotatable bonds is 5. The summed E-state index contributed by atoms with van der Waals surface area (Å²) in [6, 6.07) is 8.15. The van der Waals surface area contributed by atoms with Gasteiger partial charge in [-0.15, -0.1) is 0 Å². The fourth-order valence-electron chi connectivity index (χ4n) is 3.86. The lowest BCUT2D eigenvalue weighted by molar-refractivity contribution is 0.0299. The maximum Gasteiger partial charge on any atom is 0.274 e. The van der Waals surface area contributed by atoms with Crippen molar-refractivity contribution in [2.75, 3.05) is 44.3 Å². The minimum atomic E-state index is -0.0719. The van der Waals surface area contributed by atoms with Gasteiger partial charge in [-0.3, -0.25) is 9.78 Å². The molecule has 1 aromatic heterocycles. The van der Waals surface area contributed by atoms with Crippen LogP contribution in [0.1, 0.15) is 28.0 Å². The molecular weight excluding hydrogens is 356 g/mol. The summed E-state index contributed by atoms with van der Waals surface area (Å²) in [6.45, 7) is 4.26. The van der Waals surface area contributed by atoms with Gasteiger partial charge in [0.1, 0.15) is 11.5 Å². The topological polar surface area (TPSA) is 78.8 Å². The third-order valence-electron chi connectivity index (χ3n) is 5.48. The third-order valence-corrected chi connectivity index (χ3v) is 5.48. The third kappa shape index (κ3) is 4.31. The van der Waals surface area contributed by atoms with Crippen LogP contribution in [0.25, 0.3) is 0 Å². The lowest BCUT2D eigenvalue weighted by Crippen LogP contribution is -2.41. The predicted octanol–water partition coefficient (Wildman–Crippen LogP) is 1.51. The Morgan fingerprint density at radius 1 is 1.11 bits per heavy atom. The van der Waals surface area contributed by atoms with E-state index in [-0.39, 0.29) is 12.5 Å². The molecule has 3 heterocycles. The average Bonchev–Trinajstić information content (AvgIpc) is 3.23. The Labute approximate surface area is 165 Å². The van der Waals surface area contributed by atoms with E-state index in [0.29, 0.717) is 37.9 Å². The van der Waals surface area contributed by atoms with Crippen molar-refractivity contribution in [1.29, 1.82) is 0 Å². The Morgan fingerprint density at radius 3 is 2.61 bits per heavy atom. The van der Waals surface area contributed by atoms with Crippen LogP contribution >= 0.6 is 0 Å². The second-order valence-corrected chi connectivity index (χ2v) is 7.45. The molecule has 1 N–H and O–H groups in total. The first-order chi connectivity index (χ1) is 13.7. The van der Waals surface area contributed by atoms with Crippen molar-refractivity contribution in [1.82, 2.24) is 14.9 Å². The number of aliphatic hydroxyl groups is 1. The highest BCUT2D eigenvalue weighted by molar-refractivity contribution is 5.92. The van der Waals surface area contributed by atoms with Gasteiger partial charge in [0, 0.05) is 26.2 Å². The number of morpholine rings is 1. The first-order valence-corrected chi connectivity index (χ1v) is 9.85. The number of hydrogen-bond donors (Lipinski definition) is 1. The number of amides is 1. The Morgan fingerprint density at radius 2 is 1.86 bits per heavy atom. The predicted molar refractivity (Wildman–Crippen MR) is 105 cm³/mol. The van der Waals surface area contributed by atoms with E-state index in [0.717, 1.165) is 37.3 Å². The summed E-state index contributed by atoms with van der Waals surface area (Å²) in [5, 5.41) is 9.17. The molecule has 7 nitrogen and oxygen atoms in total. The van der Waals surface area contributed by atoms with Crippen molar-refractivity contribution >= 4 is 11.7 Å². The van der Waals surface area contributed by atoms with Crippen LogP contribution in [0.2, 0.25) is 0 Å². The Balaban J connectivity index is 1.38. The van der Waals surface area contributed by atoms with Crippen LogP contribution in [0.15, 0.2) is 36.7 Å². The van der Waals surface area contributed by atoms with Gasteiger partial charge in [0.2, 0.25) is 0 Å². The normalized spacial score (nSPS) is 19.8. The van der Waals surface area contributed by atoms with Gasteiger partial charge < -0.3 is 19.6 Å². The van der Waals surface area contributed by atoms with E-state index in [1.54, 1.807) is 17.3 Å². The molecule has 0 aliphatic carbocycles. The Kier molecular flexibility index (Phi) is 5.83. The zero-order chi connectivity index (χ0) is 19.3. The number of aliphatic hydroxyl groups excluding tert-OH is 1. The van der Waals surface area contributed by atoms with Gasteiger partial charge in [-0.2, -0.15) is 0 Å². The highest BCUT2D eigenvalue weighted by atomic mass is 16.5. The summed E-state index contributed by atoms with van der Waals surface area (Å²) in [4.78, 5) is 25.5. The van der Waals surface area contributed by atoms with E-state index in [1.165, 1.54) is 5.56 Å². The van der Waals surface area contributed by atoms with Gasteiger partial charge >= 0.3 is 0 Å². The van der Waals surface area contributed by atoms with Crippen LogP contribution in [-0.2, 0) is 17.8 Å². The molecule has 2 saturated heterocycles. The number of nitrogens with zero attached hydrogens (tertiary/aromatic N) is 4. The smallest absolute Gasteiger partial charge is 0.274 e. The molecule has 0 radical (unpaired) electrons. The monoisotopic (exact) mass is 382 g/mol. The standard InChI is InChI=1S/C21H26N4O3/c26-15-17-3-1-16(2-4-17)11-18-5-6-25(14-18)20-13-22-12-19(23-20)21(27)24-7-9-28-10-8-24/h1-4,12-13,18,26H,5-11,14-15H2/t18-/m0/s1. The number of aromatic nitrogens is 2. The van der Waals surface area contributed by atoms with E-state index >= 15 is 0 Å². The van der Waals surface area contributed by atoms with Crippen LogP contribution < -0.4 is 4.90 Å². The van der Waals surface area contributed by atoms with E-state index in [2.05, 4.69) is 27.0 Å². The van der Waals surface area contributed by atoms with Crippen LogP contribution in [-0.4, -0.2) is 65.3 Å². The lowest BCUT2D eigenvalue weighted by atomic mass is 9.98. The Hall–Kier alpha value is -2.51. The molecular formula is C21H26N4O3. The van der Waals surface area contributed by atoms with Crippen LogP contribution in [0.5, 0.6) is 0 Å². The van der Waals surface area contributed by atoms with Gasteiger partial charge in [0.05, 0.1) is 32.2 Å². The molecule has 2 aliphatic rings. The van der Waals surface area contributed by atoms with E-state index in [1.807, 2.05) is 12.1 Å². The molecule has 2 fully saturated rings. The number of ether oxygens (including phenoxy) is 1. The zero-order valence-corrected chi connectivity index (χ0v) is 16.0. The number of carbonyl (C=O) groups is 1. The van der Waals surface area contributed by atoms with E-state index < -0.39 is 0 Å². The zero-order valence-electron chi connectivity index (χ0n) is 16.0. The number of benzene rings is 1. The summed E-state index contributed by atoms with van der Waals surface area (Å²) in [7, 11) is 0. The summed E-state index contributed by atoms with van der Waals surface area (Å²) in [5.74, 6) is 1.25. The summed E-state index contributed by atoms with van der Waals surface area (Å²) >= 11 is 0. The lowest BCUT2D eigenvalue weighted by Gasteiger charge is -2.26. The second-order valence-electron chi connectivity index (χ2n) is 7.45. The van der Waals surface area contributed by atoms with Gasteiger partial charge in [0.25, 0.3) is 5.91 Å². The fraction of sp³-hybridized carbons (Fsp3) is 0.476. The quantitative estimate of drug-likeness (QED) is 0.845. The molecule has 0 saturated carbocycles. The van der Waals surface area contributed by atoms with Crippen LogP contribution in [0.3, 0.4) is 0 Å². The number of anilines is 1. The first kappa shape index (κ1) is 18.8. The second kappa shape index (κ2) is 8.67. The van der Waals surface area contributed by atoms with E-state index in [4.69, 9.17) is 9.84 Å². The van der Waals surface area contributed by atoms with Crippen LogP contribution in [0.4, 0.5) is 5.82 Å². The van der Waals surface area contributed by atoms with Crippen molar-refractivity contribution in [2.24, 2.45) is 5.92 Å². The molecule has 0 spiro atoms. The maximum atomic E-state index is 12.7. The molecule has 1 amide bonds. The summed E-state index contributed by atoms with van der Waals surface area (Å²) < 4.78 is 5.31. The fourth-order valence-corrected chi connectivity index (χ4v) is 3.86. The van der Waals surface area contributed by atoms with Crippen molar-refractivity contribution in [3.05, 3.63) is 53.5 Å². The molecule has 1 atom stereocenters. The van der Waals surface area contributed by atoms with E-state index in [9.17, 15) is 4.79 Å². The maximum absolute atomic E-state index is 12.7. The number of carbonyl (C=O) groups excluding carboxylic acids is 1. The highest BCUT2D eigenvalue weighted by Gasteiger charge is 2.26. The van der Waals surface area contributed by atoms with Crippen molar-refractivity contribution in [3.63, 3.8) is 0 Å². The number of hydrogen-bond acceptors (Lipinski definition) is 6. The molecule has 7 heteroatoms. The molecule has 0 bridgehead atoms. The Bertz CT molecular complexity index is 806. The largest absolute Gasteiger partial charge is 0.392 e. The molecule has 28 heavy (non-hydrogen) atoms. The average molecular weight is 382 g/mol. The van der Waals surface area contributed by atoms with Crippen molar-refractivity contribution < 1.29 is 14.6 Å². The van der Waals surface area contributed by atoms with Crippen molar-refractivity contribution in [3.8, 4) is 0 Å².